The molecule has 0 heterocycles. The molecule has 3 nitrogen and oxygen atoms in total. The van der Waals surface area contributed by atoms with Crippen LogP contribution in [-0.2, 0) is 0 Å². The molecule has 1 amide bonds. The molecule has 0 bridgehead atoms. The summed E-state index contributed by atoms with van der Waals surface area (Å²) in [7, 11) is 0. The number of aryl methyl sites for hydroxylation is 1. The molecule has 104 valence electrons. The van der Waals surface area contributed by atoms with Gasteiger partial charge < -0.3 is 10.4 Å². The number of carbonyl (C=O) groups is 1. The van der Waals surface area contributed by atoms with Gasteiger partial charge in [-0.3, -0.25) is 4.79 Å². The van der Waals surface area contributed by atoms with Gasteiger partial charge in [0.25, 0.3) is 5.91 Å². The van der Waals surface area contributed by atoms with E-state index in [9.17, 15) is 9.90 Å². The number of benzene rings is 1. The van der Waals surface area contributed by atoms with Crippen LogP contribution in [-0.4, -0.2) is 23.2 Å². The SMILES string of the molecule is Cc1ccc(Br)c(C(=O)NCC2(O)CCCCC2)c1. The molecule has 19 heavy (non-hydrogen) atoms. The largest absolute Gasteiger partial charge is 0.388 e. The number of aliphatic hydroxyl groups is 1. The lowest BCUT2D eigenvalue weighted by molar-refractivity contribution is 0.00525. The first-order chi connectivity index (χ1) is 9.00. The Bertz CT molecular complexity index is 467. The van der Waals surface area contributed by atoms with Crippen molar-refractivity contribution in [1.29, 1.82) is 0 Å². The molecule has 1 saturated carbocycles. The zero-order valence-electron chi connectivity index (χ0n) is 11.2. The number of hydrogen-bond acceptors (Lipinski definition) is 2. The van der Waals surface area contributed by atoms with E-state index in [1.807, 2.05) is 25.1 Å². The molecule has 0 aromatic heterocycles. The summed E-state index contributed by atoms with van der Waals surface area (Å²) in [5.74, 6) is -0.130. The van der Waals surface area contributed by atoms with Gasteiger partial charge in [-0.2, -0.15) is 0 Å². The van der Waals surface area contributed by atoms with Gasteiger partial charge >= 0.3 is 0 Å². The minimum atomic E-state index is -0.718. The van der Waals surface area contributed by atoms with Crippen LogP contribution in [0.1, 0.15) is 48.0 Å². The van der Waals surface area contributed by atoms with Crippen LogP contribution in [0, 0.1) is 6.92 Å². The van der Waals surface area contributed by atoms with Crippen LogP contribution >= 0.6 is 15.9 Å². The summed E-state index contributed by atoms with van der Waals surface area (Å²) in [5.41, 5.74) is 0.952. The summed E-state index contributed by atoms with van der Waals surface area (Å²) in [4.78, 5) is 12.2. The molecule has 1 aliphatic carbocycles. The zero-order valence-corrected chi connectivity index (χ0v) is 12.8. The third kappa shape index (κ3) is 3.80. The van der Waals surface area contributed by atoms with E-state index in [2.05, 4.69) is 21.2 Å². The van der Waals surface area contributed by atoms with Gasteiger partial charge in [0.15, 0.2) is 0 Å². The molecule has 0 saturated heterocycles. The summed E-state index contributed by atoms with van der Waals surface area (Å²) < 4.78 is 0.784. The zero-order chi connectivity index (χ0) is 13.9. The normalized spacial score (nSPS) is 18.1. The number of amides is 1. The smallest absolute Gasteiger partial charge is 0.252 e. The molecule has 0 aliphatic heterocycles. The van der Waals surface area contributed by atoms with Gasteiger partial charge in [0, 0.05) is 11.0 Å². The van der Waals surface area contributed by atoms with Gasteiger partial charge in [0.1, 0.15) is 0 Å². The highest BCUT2D eigenvalue weighted by atomic mass is 79.9. The van der Waals surface area contributed by atoms with Crippen molar-refractivity contribution in [2.24, 2.45) is 0 Å². The summed E-state index contributed by atoms with van der Waals surface area (Å²) in [6, 6.07) is 5.68. The number of hydrogen-bond donors (Lipinski definition) is 2. The predicted molar refractivity (Wildman–Crippen MR) is 79.2 cm³/mol. The summed E-state index contributed by atoms with van der Waals surface area (Å²) in [6.45, 7) is 2.30. The molecular weight excluding hydrogens is 306 g/mol. The fourth-order valence-electron chi connectivity index (χ4n) is 2.54. The van der Waals surface area contributed by atoms with Crippen molar-refractivity contribution in [2.75, 3.05) is 6.54 Å². The highest BCUT2D eigenvalue weighted by Crippen LogP contribution is 2.27. The minimum absolute atomic E-state index is 0.130. The van der Waals surface area contributed by atoms with E-state index in [1.165, 1.54) is 6.42 Å². The van der Waals surface area contributed by atoms with Crippen LogP contribution in [0.5, 0.6) is 0 Å². The summed E-state index contributed by atoms with van der Waals surface area (Å²) >= 11 is 3.39. The van der Waals surface area contributed by atoms with Crippen LogP contribution in [0.2, 0.25) is 0 Å². The van der Waals surface area contributed by atoms with Gasteiger partial charge in [-0.15, -0.1) is 0 Å². The van der Waals surface area contributed by atoms with Crippen molar-refractivity contribution >= 4 is 21.8 Å². The Hall–Kier alpha value is -0.870. The first-order valence-corrected chi connectivity index (χ1v) is 7.56. The van der Waals surface area contributed by atoms with Gasteiger partial charge in [-0.05, 0) is 47.8 Å². The van der Waals surface area contributed by atoms with Gasteiger partial charge in [-0.25, -0.2) is 0 Å². The van der Waals surface area contributed by atoms with E-state index < -0.39 is 5.60 Å². The Morgan fingerprint density at radius 2 is 2.05 bits per heavy atom. The van der Waals surface area contributed by atoms with E-state index in [0.717, 1.165) is 35.7 Å². The highest BCUT2D eigenvalue weighted by Gasteiger charge is 2.29. The van der Waals surface area contributed by atoms with Gasteiger partial charge in [-0.1, -0.05) is 30.9 Å². The number of nitrogens with one attached hydrogen (secondary N) is 1. The van der Waals surface area contributed by atoms with E-state index >= 15 is 0 Å². The minimum Gasteiger partial charge on any atom is -0.388 e. The first-order valence-electron chi connectivity index (χ1n) is 6.77. The third-order valence-electron chi connectivity index (χ3n) is 3.73. The van der Waals surface area contributed by atoms with Crippen LogP contribution in [0.15, 0.2) is 22.7 Å². The molecule has 0 unspecified atom stereocenters. The average Bonchev–Trinajstić information content (AvgIpc) is 2.40. The number of carbonyl (C=O) groups excluding carboxylic acids is 1. The third-order valence-corrected chi connectivity index (χ3v) is 4.42. The average molecular weight is 326 g/mol. The molecule has 0 atom stereocenters. The van der Waals surface area contributed by atoms with Crippen molar-refractivity contribution in [3.8, 4) is 0 Å². The van der Waals surface area contributed by atoms with Crippen LogP contribution in [0.25, 0.3) is 0 Å². The molecule has 4 heteroatoms. The second-order valence-corrected chi connectivity index (χ2v) is 6.31. The first kappa shape index (κ1) is 14.5. The Labute approximate surface area is 122 Å². The molecule has 0 radical (unpaired) electrons. The lowest BCUT2D eigenvalue weighted by Gasteiger charge is -2.32. The highest BCUT2D eigenvalue weighted by molar-refractivity contribution is 9.10. The quantitative estimate of drug-likeness (QED) is 0.896. The molecule has 1 fully saturated rings. The molecule has 1 aliphatic rings. The molecule has 1 aromatic carbocycles. The van der Waals surface area contributed by atoms with Gasteiger partial charge in [0.2, 0.25) is 0 Å². The van der Waals surface area contributed by atoms with Crippen molar-refractivity contribution in [3.63, 3.8) is 0 Å². The Kier molecular flexibility index (Phi) is 4.63. The van der Waals surface area contributed by atoms with E-state index in [0.29, 0.717) is 12.1 Å². The van der Waals surface area contributed by atoms with Crippen LogP contribution < -0.4 is 5.32 Å². The second kappa shape index (κ2) is 6.06. The van der Waals surface area contributed by atoms with Crippen molar-refractivity contribution in [3.05, 3.63) is 33.8 Å². The van der Waals surface area contributed by atoms with Crippen LogP contribution in [0.3, 0.4) is 0 Å². The molecule has 1 aromatic rings. The maximum absolute atomic E-state index is 12.2. The fourth-order valence-corrected chi connectivity index (χ4v) is 2.97. The lowest BCUT2D eigenvalue weighted by Crippen LogP contribution is -2.44. The number of halogens is 1. The maximum atomic E-state index is 12.2. The Morgan fingerprint density at radius 3 is 2.74 bits per heavy atom. The second-order valence-electron chi connectivity index (χ2n) is 5.45. The molecular formula is C15H20BrNO2. The van der Waals surface area contributed by atoms with Crippen LogP contribution in [0.4, 0.5) is 0 Å². The predicted octanol–water partition coefficient (Wildman–Crippen LogP) is 3.18. The standard InChI is InChI=1S/C15H20BrNO2/c1-11-5-6-13(16)12(9-11)14(18)17-10-15(19)7-3-2-4-8-15/h5-6,9,19H,2-4,7-8,10H2,1H3,(H,17,18). The van der Waals surface area contributed by atoms with E-state index in [4.69, 9.17) is 0 Å². The monoisotopic (exact) mass is 325 g/mol. The maximum Gasteiger partial charge on any atom is 0.252 e. The fraction of sp³-hybridized carbons (Fsp3) is 0.533. The Morgan fingerprint density at radius 1 is 1.37 bits per heavy atom. The van der Waals surface area contributed by atoms with Gasteiger partial charge in [0.05, 0.1) is 11.2 Å². The Balaban J connectivity index is 1.99. The molecule has 2 rings (SSSR count). The molecule has 0 spiro atoms. The number of rotatable bonds is 3. The summed E-state index contributed by atoms with van der Waals surface area (Å²) in [6.07, 6.45) is 4.82. The van der Waals surface area contributed by atoms with E-state index in [-0.39, 0.29) is 5.91 Å². The van der Waals surface area contributed by atoms with Crippen molar-refractivity contribution in [1.82, 2.24) is 5.32 Å². The lowest BCUT2D eigenvalue weighted by atomic mass is 9.85. The topological polar surface area (TPSA) is 49.3 Å². The van der Waals surface area contributed by atoms with Crippen molar-refractivity contribution in [2.45, 2.75) is 44.6 Å². The molecule has 2 N–H and O–H groups in total. The van der Waals surface area contributed by atoms with Crippen molar-refractivity contribution < 1.29 is 9.90 Å². The summed E-state index contributed by atoms with van der Waals surface area (Å²) in [5, 5.41) is 13.2. The van der Waals surface area contributed by atoms with E-state index in [1.54, 1.807) is 0 Å².